The summed E-state index contributed by atoms with van der Waals surface area (Å²) in [5.74, 6) is 0.656. The number of carboxylic acid groups (broad SMARTS) is 1. The maximum atomic E-state index is 11.6. The number of hydrogen-bond donors (Lipinski definition) is 1. The summed E-state index contributed by atoms with van der Waals surface area (Å²) in [6, 6.07) is 8.12. The first-order valence-corrected chi connectivity index (χ1v) is 7.97. The Morgan fingerprint density at radius 1 is 1.36 bits per heavy atom. The second-order valence-electron chi connectivity index (χ2n) is 6.53. The fourth-order valence-corrected chi connectivity index (χ4v) is 3.53. The molecule has 0 aromatic heterocycles. The fraction of sp³-hybridized carbons (Fsp3) is 0.526. The molecule has 3 atom stereocenters. The summed E-state index contributed by atoms with van der Waals surface area (Å²) in [5.41, 5.74) is 1.97. The van der Waals surface area contributed by atoms with E-state index in [1.165, 1.54) is 11.1 Å². The van der Waals surface area contributed by atoms with Gasteiger partial charge in [0, 0.05) is 0 Å². The lowest BCUT2D eigenvalue weighted by Gasteiger charge is -2.41. The van der Waals surface area contributed by atoms with Gasteiger partial charge in [-0.15, -0.1) is 0 Å². The summed E-state index contributed by atoms with van der Waals surface area (Å²) in [6.45, 7) is 6.11. The number of carbonyl (C=O) groups is 1. The van der Waals surface area contributed by atoms with Crippen LogP contribution in [0.25, 0.3) is 0 Å². The zero-order valence-corrected chi connectivity index (χ0v) is 13.9. The van der Waals surface area contributed by atoms with Gasteiger partial charge in [0.2, 0.25) is 0 Å². The molecule has 0 bridgehead atoms. The normalized spacial score (nSPS) is 28.1. The van der Waals surface area contributed by atoms with Gasteiger partial charge < -0.3 is 9.84 Å². The monoisotopic (exact) mass is 302 g/mol. The molecule has 120 valence electrons. The molecule has 22 heavy (non-hydrogen) atoms. The fourth-order valence-electron chi connectivity index (χ4n) is 3.53. The maximum absolute atomic E-state index is 11.6. The highest BCUT2D eigenvalue weighted by atomic mass is 16.5. The summed E-state index contributed by atoms with van der Waals surface area (Å²) < 4.78 is 5.19. The van der Waals surface area contributed by atoms with Crippen LogP contribution in [0.15, 0.2) is 35.9 Å². The molecule has 0 fully saturated rings. The van der Waals surface area contributed by atoms with Crippen molar-refractivity contribution < 1.29 is 14.6 Å². The number of hydrogen-bond acceptors (Lipinski definition) is 2. The number of benzene rings is 1. The van der Waals surface area contributed by atoms with Gasteiger partial charge in [-0.1, -0.05) is 37.6 Å². The van der Waals surface area contributed by atoms with E-state index in [2.05, 4.69) is 32.1 Å². The van der Waals surface area contributed by atoms with Gasteiger partial charge in [0.05, 0.1) is 12.5 Å². The third-order valence-electron chi connectivity index (χ3n) is 5.37. The van der Waals surface area contributed by atoms with E-state index < -0.39 is 11.4 Å². The molecule has 0 spiro atoms. The van der Waals surface area contributed by atoms with Gasteiger partial charge in [-0.2, -0.15) is 0 Å². The second kappa shape index (κ2) is 6.55. The van der Waals surface area contributed by atoms with Gasteiger partial charge in [0.25, 0.3) is 0 Å². The van der Waals surface area contributed by atoms with Crippen molar-refractivity contribution in [2.75, 3.05) is 7.11 Å². The number of carboxylic acids is 1. The van der Waals surface area contributed by atoms with Crippen molar-refractivity contribution in [3.05, 3.63) is 41.5 Å². The van der Waals surface area contributed by atoms with E-state index in [1.54, 1.807) is 7.11 Å². The van der Waals surface area contributed by atoms with E-state index in [-0.39, 0.29) is 5.92 Å². The van der Waals surface area contributed by atoms with Crippen LogP contribution in [-0.2, 0) is 11.2 Å². The predicted octanol–water partition coefficient (Wildman–Crippen LogP) is 4.32. The molecule has 1 N–H and O–H groups in total. The third kappa shape index (κ3) is 3.03. The molecule has 3 heteroatoms. The molecule has 0 aliphatic heterocycles. The first kappa shape index (κ1) is 16.6. The molecular formula is C19H26O3. The van der Waals surface area contributed by atoms with Crippen molar-refractivity contribution in [2.45, 2.75) is 40.0 Å². The molecule has 2 rings (SSSR count). The number of rotatable bonds is 5. The van der Waals surface area contributed by atoms with Crippen molar-refractivity contribution in [3.8, 4) is 5.75 Å². The van der Waals surface area contributed by atoms with E-state index in [0.717, 1.165) is 18.6 Å². The van der Waals surface area contributed by atoms with Crippen LogP contribution < -0.4 is 4.74 Å². The number of methoxy groups -OCH3 is 1. The molecule has 1 aliphatic carbocycles. The Kier molecular flexibility index (Phi) is 4.94. The molecule has 0 heterocycles. The molecule has 0 amide bonds. The van der Waals surface area contributed by atoms with Crippen LogP contribution in [0.4, 0.5) is 0 Å². The molecule has 3 nitrogen and oxygen atoms in total. The van der Waals surface area contributed by atoms with Crippen LogP contribution in [-0.4, -0.2) is 18.2 Å². The van der Waals surface area contributed by atoms with E-state index in [4.69, 9.17) is 4.74 Å². The summed E-state index contributed by atoms with van der Waals surface area (Å²) in [5, 5.41) is 9.57. The third-order valence-corrected chi connectivity index (χ3v) is 5.37. The lowest BCUT2D eigenvalue weighted by atomic mass is 9.62. The van der Waals surface area contributed by atoms with Crippen molar-refractivity contribution in [3.63, 3.8) is 0 Å². The van der Waals surface area contributed by atoms with E-state index in [9.17, 15) is 9.90 Å². The standard InChI is InChI=1S/C19H26O3/c1-5-17-13(2)19(3,18(20)21)11-10-15(17)12-14-6-8-16(22-4)9-7-14/h6-10,13,17H,5,11-12H2,1-4H3,(H,20,21). The molecule has 1 aromatic rings. The Bertz CT molecular complexity index is 559. The number of aliphatic carboxylic acids is 1. The second-order valence-corrected chi connectivity index (χ2v) is 6.53. The molecule has 3 unspecified atom stereocenters. The van der Waals surface area contributed by atoms with Crippen molar-refractivity contribution >= 4 is 5.97 Å². The van der Waals surface area contributed by atoms with Crippen molar-refractivity contribution in [2.24, 2.45) is 17.3 Å². The Hall–Kier alpha value is -1.77. The van der Waals surface area contributed by atoms with E-state index >= 15 is 0 Å². The van der Waals surface area contributed by atoms with Crippen LogP contribution >= 0.6 is 0 Å². The van der Waals surface area contributed by atoms with Crippen LogP contribution in [0.3, 0.4) is 0 Å². The summed E-state index contributed by atoms with van der Waals surface area (Å²) in [6.07, 6.45) is 4.65. The minimum atomic E-state index is -0.682. The molecule has 0 radical (unpaired) electrons. The number of ether oxygens (including phenoxy) is 1. The summed E-state index contributed by atoms with van der Waals surface area (Å²) in [4.78, 5) is 11.6. The Morgan fingerprint density at radius 3 is 2.50 bits per heavy atom. The summed E-state index contributed by atoms with van der Waals surface area (Å²) >= 11 is 0. The molecule has 0 saturated carbocycles. The highest BCUT2D eigenvalue weighted by Crippen LogP contribution is 2.46. The highest BCUT2D eigenvalue weighted by Gasteiger charge is 2.44. The zero-order chi connectivity index (χ0) is 16.3. The summed E-state index contributed by atoms with van der Waals surface area (Å²) in [7, 11) is 1.67. The molecule has 0 saturated heterocycles. The zero-order valence-electron chi connectivity index (χ0n) is 13.9. The average molecular weight is 302 g/mol. The largest absolute Gasteiger partial charge is 0.497 e. The van der Waals surface area contributed by atoms with Gasteiger partial charge in [0.15, 0.2) is 0 Å². The maximum Gasteiger partial charge on any atom is 0.309 e. The smallest absolute Gasteiger partial charge is 0.309 e. The quantitative estimate of drug-likeness (QED) is 0.824. The van der Waals surface area contributed by atoms with E-state index in [0.29, 0.717) is 12.3 Å². The van der Waals surface area contributed by atoms with Crippen LogP contribution in [0, 0.1) is 17.3 Å². The van der Waals surface area contributed by atoms with Gasteiger partial charge in [-0.05, 0) is 55.7 Å². The SMILES string of the molecule is CCC1C(Cc2ccc(OC)cc2)=CCC(C)(C(=O)O)C1C. The topological polar surface area (TPSA) is 46.5 Å². The van der Waals surface area contributed by atoms with Crippen LogP contribution in [0.5, 0.6) is 5.75 Å². The molecule has 1 aliphatic rings. The first-order chi connectivity index (χ1) is 10.4. The van der Waals surface area contributed by atoms with Gasteiger partial charge in [0.1, 0.15) is 5.75 Å². The first-order valence-electron chi connectivity index (χ1n) is 7.97. The van der Waals surface area contributed by atoms with Crippen molar-refractivity contribution in [1.82, 2.24) is 0 Å². The minimum absolute atomic E-state index is 0.147. The van der Waals surface area contributed by atoms with Gasteiger partial charge in [-0.3, -0.25) is 4.79 Å². The Labute approximate surface area is 133 Å². The van der Waals surface area contributed by atoms with Gasteiger partial charge in [-0.25, -0.2) is 0 Å². The lowest BCUT2D eigenvalue weighted by Crippen LogP contribution is -2.41. The minimum Gasteiger partial charge on any atom is -0.497 e. The Balaban J connectivity index is 2.22. The van der Waals surface area contributed by atoms with Crippen LogP contribution in [0.2, 0.25) is 0 Å². The predicted molar refractivity (Wildman–Crippen MR) is 88.1 cm³/mol. The van der Waals surface area contributed by atoms with E-state index in [1.807, 2.05) is 19.1 Å². The molecular weight excluding hydrogens is 276 g/mol. The number of allylic oxidation sites excluding steroid dienone is 2. The van der Waals surface area contributed by atoms with Crippen molar-refractivity contribution in [1.29, 1.82) is 0 Å². The lowest BCUT2D eigenvalue weighted by molar-refractivity contribution is -0.152. The molecule has 1 aromatic carbocycles. The van der Waals surface area contributed by atoms with Crippen LogP contribution in [0.1, 0.15) is 39.2 Å². The Morgan fingerprint density at radius 2 is 2.00 bits per heavy atom. The average Bonchev–Trinajstić information content (AvgIpc) is 2.52. The highest BCUT2D eigenvalue weighted by molar-refractivity contribution is 5.75. The van der Waals surface area contributed by atoms with Gasteiger partial charge >= 0.3 is 5.97 Å².